The molecule has 5 N–H and O–H groups in total. The molecule has 1 saturated carbocycles. The molecule has 2 aliphatic heterocycles. The second kappa shape index (κ2) is 19.9. The van der Waals surface area contributed by atoms with Crippen LogP contribution in [0.2, 0.25) is 0 Å². The predicted molar refractivity (Wildman–Crippen MR) is 182 cm³/mol. The molecule has 0 aromatic heterocycles. The van der Waals surface area contributed by atoms with E-state index in [2.05, 4.69) is 5.32 Å². The minimum absolute atomic E-state index is 0.0470. The summed E-state index contributed by atoms with van der Waals surface area (Å²) >= 11 is 0. The number of aliphatic hydroxyl groups is 4. The van der Waals surface area contributed by atoms with Crippen molar-refractivity contribution in [3.63, 3.8) is 0 Å². The van der Waals surface area contributed by atoms with Gasteiger partial charge in [0.05, 0.1) is 69.7 Å². The molecule has 0 spiro atoms. The van der Waals surface area contributed by atoms with Gasteiger partial charge < -0.3 is 63.1 Å². The van der Waals surface area contributed by atoms with Crippen molar-refractivity contribution in [1.29, 1.82) is 0 Å². The van der Waals surface area contributed by atoms with E-state index < -0.39 is 122 Å². The van der Waals surface area contributed by atoms with E-state index in [-0.39, 0.29) is 37.9 Å². The number of benzene rings is 1. The number of methoxy groups -OCH3 is 2. The number of carbonyl (C=O) groups is 5. The van der Waals surface area contributed by atoms with Gasteiger partial charge in [0.25, 0.3) is 5.79 Å². The van der Waals surface area contributed by atoms with Gasteiger partial charge in [-0.2, -0.15) is 0 Å². The Bertz CT molecular complexity index is 1460. The third-order valence-corrected chi connectivity index (χ3v) is 9.44. The smallest absolute Gasteiger partial charge is 0.366 e. The number of nitrogens with one attached hydrogen (secondary N) is 1. The predicted octanol–water partition coefficient (Wildman–Crippen LogP) is -0.766. The second-order valence-corrected chi connectivity index (χ2v) is 13.6. The third kappa shape index (κ3) is 11.4. The Morgan fingerprint density at radius 1 is 0.927 bits per heavy atom. The molecule has 2 saturated heterocycles. The largest absolute Gasteiger partial charge is 0.469 e. The van der Waals surface area contributed by atoms with Gasteiger partial charge in [0.1, 0.15) is 30.6 Å². The molecular formula is C36H51NO18. The van der Waals surface area contributed by atoms with Crippen molar-refractivity contribution < 1.29 is 87.0 Å². The minimum Gasteiger partial charge on any atom is -0.469 e. The van der Waals surface area contributed by atoms with E-state index in [1.807, 2.05) is 0 Å². The highest BCUT2D eigenvalue weighted by Crippen LogP contribution is 2.40. The van der Waals surface area contributed by atoms with Crippen LogP contribution < -0.4 is 5.32 Å². The molecule has 55 heavy (non-hydrogen) atoms. The van der Waals surface area contributed by atoms with Gasteiger partial charge in [-0.15, -0.1) is 0 Å². The van der Waals surface area contributed by atoms with Crippen molar-refractivity contribution in [3.05, 3.63) is 35.9 Å². The van der Waals surface area contributed by atoms with Gasteiger partial charge in [0.15, 0.2) is 12.4 Å². The summed E-state index contributed by atoms with van der Waals surface area (Å²) in [4.78, 5) is 63.7. The third-order valence-electron chi connectivity index (χ3n) is 9.44. The first-order valence-corrected chi connectivity index (χ1v) is 17.9. The minimum atomic E-state index is -2.49. The maximum absolute atomic E-state index is 13.8. The van der Waals surface area contributed by atoms with Crippen LogP contribution in [-0.2, 0) is 61.8 Å². The monoisotopic (exact) mass is 785 g/mol. The number of rotatable bonds is 15. The lowest BCUT2D eigenvalue weighted by atomic mass is 9.83. The lowest BCUT2D eigenvalue weighted by molar-refractivity contribution is -0.359. The van der Waals surface area contributed by atoms with Crippen molar-refractivity contribution in [2.45, 2.75) is 126 Å². The summed E-state index contributed by atoms with van der Waals surface area (Å²) in [6, 6.07) is 6.78. The van der Waals surface area contributed by atoms with Crippen molar-refractivity contribution in [3.8, 4) is 0 Å². The summed E-state index contributed by atoms with van der Waals surface area (Å²) in [5.41, 5.74) is 0.0744. The molecule has 13 unspecified atom stereocenters. The number of ether oxygens (including phenoxy) is 9. The molecule has 1 aliphatic carbocycles. The molecule has 19 nitrogen and oxygen atoms in total. The zero-order chi connectivity index (χ0) is 40.4. The topological polar surface area (TPSA) is 261 Å². The first-order valence-electron chi connectivity index (χ1n) is 17.9. The fourth-order valence-electron chi connectivity index (χ4n) is 6.96. The number of hydrogen-bond acceptors (Lipinski definition) is 19. The van der Waals surface area contributed by atoms with E-state index in [4.69, 9.17) is 42.6 Å². The summed E-state index contributed by atoms with van der Waals surface area (Å²) in [7, 11) is 2.21. The Hall–Kier alpha value is -3.79. The average Bonchev–Trinajstić information content (AvgIpc) is 3.14. The zero-order valence-corrected chi connectivity index (χ0v) is 31.3. The molecule has 13 atom stereocenters. The molecule has 1 aromatic rings. The molecule has 3 fully saturated rings. The number of hydrogen-bond donors (Lipinski definition) is 5. The van der Waals surface area contributed by atoms with Gasteiger partial charge in [-0.1, -0.05) is 18.2 Å². The Morgan fingerprint density at radius 3 is 2.25 bits per heavy atom. The fraction of sp³-hybridized carbons (Fsp3) is 0.694. The quantitative estimate of drug-likeness (QED) is 0.0633. The number of esters is 5. The second-order valence-electron chi connectivity index (χ2n) is 13.6. The lowest BCUT2D eigenvalue weighted by Gasteiger charge is -2.50. The molecule has 0 radical (unpaired) electrons. The van der Waals surface area contributed by atoms with Crippen LogP contribution in [0.4, 0.5) is 0 Å². The van der Waals surface area contributed by atoms with Gasteiger partial charge in [-0.25, -0.2) is 9.59 Å². The van der Waals surface area contributed by atoms with E-state index in [0.29, 0.717) is 0 Å². The van der Waals surface area contributed by atoms with Crippen LogP contribution in [0, 0.1) is 5.92 Å². The maximum Gasteiger partial charge on any atom is 0.366 e. The Labute approximate surface area is 317 Å². The van der Waals surface area contributed by atoms with Gasteiger partial charge >= 0.3 is 29.8 Å². The average molecular weight is 786 g/mol. The molecule has 308 valence electrons. The molecule has 4 rings (SSSR count). The van der Waals surface area contributed by atoms with Gasteiger partial charge in [0, 0.05) is 13.8 Å². The van der Waals surface area contributed by atoms with E-state index in [1.54, 1.807) is 18.2 Å². The van der Waals surface area contributed by atoms with E-state index >= 15 is 0 Å². The SMILES string of the molecule is COC(=O)C1CC(O)C(O)C(OC2OCC(O)C(OC3(C(=O)OC)CC(OC(C)=O)C(NC(C)O)C(CCCOC(C)=O)O3)C2OC(=O)c2ccccc2)C1. The van der Waals surface area contributed by atoms with Crippen LogP contribution in [0.1, 0.15) is 63.2 Å². The van der Waals surface area contributed by atoms with Gasteiger partial charge in [-0.3, -0.25) is 19.7 Å². The normalized spacial score (nSPS) is 34.1. The molecular weight excluding hydrogens is 734 g/mol. The fourth-order valence-corrected chi connectivity index (χ4v) is 6.96. The van der Waals surface area contributed by atoms with E-state index in [9.17, 15) is 44.4 Å². The molecule has 0 amide bonds. The van der Waals surface area contributed by atoms with Gasteiger partial charge in [0.2, 0.25) is 0 Å². The Morgan fingerprint density at radius 2 is 1.64 bits per heavy atom. The van der Waals surface area contributed by atoms with Crippen LogP contribution in [0.5, 0.6) is 0 Å². The van der Waals surface area contributed by atoms with Crippen LogP contribution in [0.25, 0.3) is 0 Å². The Balaban J connectivity index is 1.75. The summed E-state index contributed by atoms with van der Waals surface area (Å²) in [5, 5.41) is 46.1. The lowest BCUT2D eigenvalue weighted by Crippen LogP contribution is -2.68. The highest BCUT2D eigenvalue weighted by molar-refractivity contribution is 5.89. The highest BCUT2D eigenvalue weighted by Gasteiger charge is 2.59. The molecule has 1 aromatic carbocycles. The summed E-state index contributed by atoms with van der Waals surface area (Å²) in [6.07, 6.45) is -15.0. The summed E-state index contributed by atoms with van der Waals surface area (Å²) in [6.45, 7) is 3.19. The van der Waals surface area contributed by atoms with Crippen molar-refractivity contribution in [2.75, 3.05) is 27.4 Å². The first-order chi connectivity index (χ1) is 26.1. The highest BCUT2D eigenvalue weighted by atomic mass is 16.8. The zero-order valence-electron chi connectivity index (χ0n) is 31.3. The Kier molecular flexibility index (Phi) is 15.9. The van der Waals surface area contributed by atoms with E-state index in [0.717, 1.165) is 14.0 Å². The van der Waals surface area contributed by atoms with Crippen LogP contribution >= 0.6 is 0 Å². The first kappa shape index (κ1) is 43.9. The molecule has 19 heteroatoms. The molecule has 3 aliphatic rings. The van der Waals surface area contributed by atoms with Crippen molar-refractivity contribution >= 4 is 29.8 Å². The van der Waals surface area contributed by atoms with Crippen LogP contribution in [0.3, 0.4) is 0 Å². The van der Waals surface area contributed by atoms with Gasteiger partial charge in [-0.05, 0) is 44.7 Å². The van der Waals surface area contributed by atoms with Crippen molar-refractivity contribution in [2.24, 2.45) is 5.92 Å². The van der Waals surface area contributed by atoms with Crippen LogP contribution in [-0.4, -0.2) is 151 Å². The standard InChI is InChI=1S/C36H51NO18/c1-18(38)37-28-25(12-9-13-49-19(2)39)54-36(35(46)48-5,16-27(28)51-20(3)40)55-30-24(42)17-50-34(31(30)53-33(45)21-10-7-6-8-11-21)52-26-15-22(32(44)47-4)14-23(41)29(26)43/h6-8,10-11,18,22-31,34,37-38,41-43H,9,12-17H2,1-5H3. The molecule has 0 bridgehead atoms. The van der Waals surface area contributed by atoms with E-state index in [1.165, 1.54) is 33.1 Å². The number of carbonyl (C=O) groups excluding carboxylic acids is 5. The van der Waals surface area contributed by atoms with Crippen LogP contribution in [0.15, 0.2) is 30.3 Å². The number of aliphatic hydroxyl groups excluding tert-OH is 4. The summed E-state index contributed by atoms with van der Waals surface area (Å²) < 4.78 is 51.1. The summed E-state index contributed by atoms with van der Waals surface area (Å²) in [5.74, 6) is -7.38. The molecule has 2 heterocycles. The maximum atomic E-state index is 13.8. The van der Waals surface area contributed by atoms with Crippen molar-refractivity contribution in [1.82, 2.24) is 5.32 Å².